The van der Waals surface area contributed by atoms with E-state index in [-0.39, 0.29) is 19.6 Å². The van der Waals surface area contributed by atoms with Gasteiger partial charge in [0.2, 0.25) is 0 Å². The molecule has 272 valence electrons. The fourth-order valence-corrected chi connectivity index (χ4v) is 10.6. The van der Waals surface area contributed by atoms with Crippen LogP contribution in [0.15, 0.2) is 60.7 Å². The molecule has 10 nitrogen and oxygen atoms in total. The molecule has 1 aliphatic heterocycles. The van der Waals surface area contributed by atoms with Crippen LogP contribution in [0.3, 0.4) is 0 Å². The molecule has 1 aromatic carbocycles. The summed E-state index contributed by atoms with van der Waals surface area (Å²) in [6.07, 6.45) is 3.17. The first-order valence-corrected chi connectivity index (χ1v) is 17.5. The van der Waals surface area contributed by atoms with Gasteiger partial charge in [0.25, 0.3) is 0 Å². The quantitative estimate of drug-likeness (QED) is 0.203. The summed E-state index contributed by atoms with van der Waals surface area (Å²) in [5.41, 5.74) is -2.10. The van der Waals surface area contributed by atoms with E-state index >= 15 is 0 Å². The van der Waals surface area contributed by atoms with Crippen LogP contribution in [0.25, 0.3) is 5.57 Å². The van der Waals surface area contributed by atoms with Crippen molar-refractivity contribution in [3.8, 4) is 0 Å². The van der Waals surface area contributed by atoms with Crippen molar-refractivity contribution in [3.63, 3.8) is 0 Å². The Labute approximate surface area is 295 Å². The molecule has 2 fully saturated rings. The van der Waals surface area contributed by atoms with E-state index in [1.807, 2.05) is 56.3 Å². The van der Waals surface area contributed by atoms with Gasteiger partial charge in [-0.25, -0.2) is 0 Å². The zero-order valence-corrected chi connectivity index (χ0v) is 30.5. The summed E-state index contributed by atoms with van der Waals surface area (Å²) in [5.74, 6) is -3.80. The Bertz CT molecular complexity index is 1580. The van der Waals surface area contributed by atoms with Gasteiger partial charge in [-0.05, 0) is 60.8 Å². The highest BCUT2D eigenvalue weighted by Crippen LogP contribution is 2.72. The number of benzene rings is 1. The molecule has 3 unspecified atom stereocenters. The lowest BCUT2D eigenvalue weighted by Gasteiger charge is -2.71. The van der Waals surface area contributed by atoms with Gasteiger partial charge in [0.05, 0.1) is 24.2 Å². The Morgan fingerprint density at radius 3 is 2.22 bits per heavy atom. The topological polar surface area (TPSA) is 135 Å². The van der Waals surface area contributed by atoms with Gasteiger partial charge >= 0.3 is 23.9 Å². The molecule has 1 aromatic rings. The summed E-state index contributed by atoms with van der Waals surface area (Å²) < 4.78 is 30.8. The predicted octanol–water partition coefficient (Wildman–Crippen LogP) is 5.77. The van der Waals surface area contributed by atoms with Crippen LogP contribution in [0, 0.1) is 34.0 Å². The number of ether oxygens (including phenoxy) is 5. The summed E-state index contributed by atoms with van der Waals surface area (Å²) in [6, 6.07) is 9.69. The molecule has 0 aromatic heterocycles. The maximum atomic E-state index is 13.2. The van der Waals surface area contributed by atoms with Crippen LogP contribution in [-0.4, -0.2) is 72.2 Å². The van der Waals surface area contributed by atoms with Crippen LogP contribution in [0.1, 0.15) is 80.2 Å². The molecule has 2 saturated carbocycles. The normalized spacial score (nSPS) is 38.1. The Morgan fingerprint density at radius 2 is 1.62 bits per heavy atom. The minimum absolute atomic E-state index is 0.0461. The van der Waals surface area contributed by atoms with Crippen molar-refractivity contribution < 1.29 is 48.0 Å². The number of carbonyl (C=O) groups is 4. The molecule has 50 heavy (non-hydrogen) atoms. The second-order valence-electron chi connectivity index (χ2n) is 15.3. The average Bonchev–Trinajstić information content (AvgIpc) is 3.26. The molecule has 5 rings (SSSR count). The molecular formula is C40H52O10. The van der Waals surface area contributed by atoms with Crippen LogP contribution >= 0.6 is 0 Å². The van der Waals surface area contributed by atoms with E-state index in [4.69, 9.17) is 23.7 Å². The van der Waals surface area contributed by atoms with E-state index < -0.39 is 87.9 Å². The molecule has 11 atom stereocenters. The van der Waals surface area contributed by atoms with E-state index in [2.05, 4.69) is 19.6 Å². The standard InChI is InChI=1S/C40H52O10/c1-23(30-14-11-10-12-15-30)21-40(45)24(2)20-33(48-27(5)42)38(9)32(40)17-18-37(8)31-16-13-19-46-22-39(31,25(3)47-26(4)41)36(50-29(7)44)34(35(37)38)49-28(6)43/h10-16,20,25,31-36,45H,1,17-19,21-22H2,2-9H3/t25-,31?,32?,33-,34+,35?,36+,37+,38-,39-,40+/m1/s1. The molecule has 0 amide bonds. The average molecular weight is 693 g/mol. The van der Waals surface area contributed by atoms with E-state index in [9.17, 15) is 24.3 Å². The Morgan fingerprint density at radius 1 is 0.980 bits per heavy atom. The fraction of sp³-hybridized carbons (Fsp3) is 0.600. The van der Waals surface area contributed by atoms with Crippen molar-refractivity contribution in [2.75, 3.05) is 13.2 Å². The summed E-state index contributed by atoms with van der Waals surface area (Å²) in [4.78, 5) is 51.5. The monoisotopic (exact) mass is 692 g/mol. The predicted molar refractivity (Wildman–Crippen MR) is 185 cm³/mol. The third-order valence-electron chi connectivity index (χ3n) is 12.4. The second kappa shape index (κ2) is 13.8. The number of carbonyl (C=O) groups excluding carboxylic acids is 4. The Balaban J connectivity index is 1.79. The second-order valence-corrected chi connectivity index (χ2v) is 15.3. The first kappa shape index (κ1) is 37.5. The molecule has 1 N–H and O–H groups in total. The van der Waals surface area contributed by atoms with E-state index in [1.54, 1.807) is 6.92 Å². The molecule has 0 radical (unpaired) electrons. The van der Waals surface area contributed by atoms with Crippen LogP contribution in [0.2, 0.25) is 0 Å². The van der Waals surface area contributed by atoms with Crippen LogP contribution < -0.4 is 0 Å². The number of hydrogen-bond acceptors (Lipinski definition) is 10. The molecule has 1 heterocycles. The summed E-state index contributed by atoms with van der Waals surface area (Å²) in [7, 11) is 0. The van der Waals surface area contributed by atoms with Gasteiger partial charge in [-0.3, -0.25) is 19.2 Å². The minimum atomic E-state index is -1.42. The van der Waals surface area contributed by atoms with Gasteiger partial charge in [-0.1, -0.05) is 62.9 Å². The van der Waals surface area contributed by atoms with E-state index in [0.29, 0.717) is 18.4 Å². The minimum Gasteiger partial charge on any atom is -0.462 e. The molecule has 0 saturated heterocycles. The van der Waals surface area contributed by atoms with Gasteiger partial charge in [0.1, 0.15) is 18.3 Å². The summed E-state index contributed by atoms with van der Waals surface area (Å²) >= 11 is 0. The van der Waals surface area contributed by atoms with Crippen LogP contribution in [0.4, 0.5) is 0 Å². The number of allylic oxidation sites excluding steroid dienone is 1. The molecular weight excluding hydrogens is 640 g/mol. The number of rotatable bonds is 8. The third kappa shape index (κ3) is 6.12. The molecule has 4 aliphatic rings. The third-order valence-corrected chi connectivity index (χ3v) is 12.4. The SMILES string of the molecule is C=C(C[C@]1(O)C(C)=C[C@@H](OC(C)=O)[C@]2(C)C3[C@H](OC(C)=O)[C@H](OC(C)=O)[C@@]4([C@@H](C)OC(C)=O)COCC=CC4[C@]3(C)CCC21)c1ccccc1. The van der Waals surface area contributed by atoms with Crippen LogP contribution in [-0.2, 0) is 42.9 Å². The summed E-state index contributed by atoms with van der Waals surface area (Å²) in [6.45, 7) is 17.7. The van der Waals surface area contributed by atoms with Gasteiger partial charge in [0.15, 0.2) is 6.10 Å². The van der Waals surface area contributed by atoms with Gasteiger partial charge < -0.3 is 28.8 Å². The molecule has 0 spiro atoms. The first-order chi connectivity index (χ1) is 23.4. The van der Waals surface area contributed by atoms with Crippen molar-refractivity contribution in [1.82, 2.24) is 0 Å². The lowest BCUT2D eigenvalue weighted by molar-refractivity contribution is -0.303. The zero-order valence-electron chi connectivity index (χ0n) is 30.5. The maximum absolute atomic E-state index is 13.2. The van der Waals surface area contributed by atoms with Crippen LogP contribution in [0.5, 0.6) is 0 Å². The van der Waals surface area contributed by atoms with Crippen molar-refractivity contribution in [3.05, 3.63) is 66.3 Å². The highest BCUT2D eigenvalue weighted by atomic mass is 16.6. The van der Waals surface area contributed by atoms with Crippen molar-refractivity contribution in [2.24, 2.45) is 34.0 Å². The highest BCUT2D eigenvalue weighted by molar-refractivity contribution is 5.69. The lowest BCUT2D eigenvalue weighted by atomic mass is 9.35. The zero-order chi connectivity index (χ0) is 36.8. The number of esters is 4. The number of aliphatic hydroxyl groups is 1. The van der Waals surface area contributed by atoms with Gasteiger partial charge in [-0.2, -0.15) is 0 Å². The number of fused-ring (bicyclic) bond motifs is 5. The van der Waals surface area contributed by atoms with Crippen molar-refractivity contribution >= 4 is 29.5 Å². The van der Waals surface area contributed by atoms with Gasteiger partial charge in [0, 0.05) is 51.4 Å². The molecule has 10 heteroatoms. The van der Waals surface area contributed by atoms with Gasteiger partial charge in [-0.15, -0.1) is 0 Å². The van der Waals surface area contributed by atoms with E-state index in [0.717, 1.165) is 11.1 Å². The lowest BCUT2D eigenvalue weighted by Crippen LogP contribution is -2.76. The fourth-order valence-electron chi connectivity index (χ4n) is 10.6. The smallest absolute Gasteiger partial charge is 0.303 e. The molecule has 0 bridgehead atoms. The molecule has 3 aliphatic carbocycles. The Hall–Kier alpha value is -3.76. The van der Waals surface area contributed by atoms with Crippen molar-refractivity contribution in [1.29, 1.82) is 0 Å². The van der Waals surface area contributed by atoms with E-state index in [1.165, 1.54) is 27.7 Å². The summed E-state index contributed by atoms with van der Waals surface area (Å²) in [5, 5.41) is 13.0. The number of hydrogen-bond donors (Lipinski definition) is 1. The Kier molecular flexibility index (Phi) is 10.3. The highest BCUT2D eigenvalue weighted by Gasteiger charge is 2.76. The van der Waals surface area contributed by atoms with Crippen molar-refractivity contribution in [2.45, 2.75) is 105 Å². The first-order valence-electron chi connectivity index (χ1n) is 17.5. The maximum Gasteiger partial charge on any atom is 0.303 e. The largest absolute Gasteiger partial charge is 0.462 e.